The molecule has 2 aromatic rings. The molecule has 0 aliphatic rings. The van der Waals surface area contributed by atoms with Crippen LogP contribution in [0.1, 0.15) is 5.69 Å². The highest BCUT2D eigenvalue weighted by atomic mass is 35.5. The van der Waals surface area contributed by atoms with E-state index in [1.165, 1.54) is 6.07 Å². The average molecular weight is 319 g/mol. The standard InChI is InChI=1S/C13H10ClF3N2O2/c1-19-11(13(15,16)17)3-2-6(12(19)21)7-4-9(18)10(20)5-8(7)14/h2-5,20H,18H2,1H3. The smallest absolute Gasteiger partial charge is 0.431 e. The van der Waals surface area contributed by atoms with Gasteiger partial charge in [0.05, 0.1) is 10.7 Å². The zero-order chi connectivity index (χ0) is 15.9. The molecule has 3 N–H and O–H groups in total. The summed E-state index contributed by atoms with van der Waals surface area (Å²) >= 11 is 5.90. The van der Waals surface area contributed by atoms with Crippen molar-refractivity contribution >= 4 is 17.3 Å². The van der Waals surface area contributed by atoms with Gasteiger partial charge in [0, 0.05) is 24.2 Å². The molecule has 112 valence electrons. The molecule has 0 atom stereocenters. The second-order valence-electron chi connectivity index (χ2n) is 4.39. The number of hydrogen-bond donors (Lipinski definition) is 2. The van der Waals surface area contributed by atoms with Gasteiger partial charge in [0.2, 0.25) is 0 Å². The highest BCUT2D eigenvalue weighted by Crippen LogP contribution is 2.35. The van der Waals surface area contributed by atoms with Gasteiger partial charge in [-0.25, -0.2) is 0 Å². The van der Waals surface area contributed by atoms with Gasteiger partial charge in [0.25, 0.3) is 5.56 Å². The Hall–Kier alpha value is -2.15. The van der Waals surface area contributed by atoms with Gasteiger partial charge in [-0.1, -0.05) is 11.6 Å². The molecular formula is C13H10ClF3N2O2. The molecule has 8 heteroatoms. The molecule has 0 bridgehead atoms. The van der Waals surface area contributed by atoms with Crippen LogP contribution in [0.3, 0.4) is 0 Å². The van der Waals surface area contributed by atoms with E-state index in [-0.39, 0.29) is 27.6 Å². The zero-order valence-electron chi connectivity index (χ0n) is 10.7. The molecule has 0 aliphatic carbocycles. The van der Waals surface area contributed by atoms with Crippen LogP contribution >= 0.6 is 11.6 Å². The number of nitrogens with zero attached hydrogens (tertiary/aromatic N) is 1. The maximum Gasteiger partial charge on any atom is 0.431 e. The lowest BCUT2D eigenvalue weighted by Crippen LogP contribution is -2.26. The highest BCUT2D eigenvalue weighted by Gasteiger charge is 2.34. The summed E-state index contributed by atoms with van der Waals surface area (Å²) in [6.45, 7) is 0. The van der Waals surface area contributed by atoms with E-state index < -0.39 is 17.4 Å². The molecule has 0 radical (unpaired) electrons. The van der Waals surface area contributed by atoms with E-state index in [1.807, 2.05) is 0 Å². The largest absolute Gasteiger partial charge is 0.506 e. The molecule has 0 amide bonds. The van der Waals surface area contributed by atoms with Gasteiger partial charge in [-0.05, 0) is 18.2 Å². The first-order valence-corrected chi connectivity index (χ1v) is 6.06. The third-order valence-electron chi connectivity index (χ3n) is 3.00. The number of nitrogen functional groups attached to an aromatic ring is 1. The minimum atomic E-state index is -4.63. The number of pyridine rings is 1. The van der Waals surface area contributed by atoms with E-state index in [0.29, 0.717) is 4.57 Å². The fourth-order valence-corrected chi connectivity index (χ4v) is 2.17. The summed E-state index contributed by atoms with van der Waals surface area (Å²) < 4.78 is 38.7. The monoisotopic (exact) mass is 318 g/mol. The quantitative estimate of drug-likeness (QED) is 0.627. The van der Waals surface area contributed by atoms with E-state index in [2.05, 4.69) is 0 Å². The van der Waals surface area contributed by atoms with Crippen molar-refractivity contribution < 1.29 is 18.3 Å². The Kier molecular flexibility index (Phi) is 3.63. The Balaban J connectivity index is 2.71. The normalized spacial score (nSPS) is 11.7. The first-order chi connectivity index (χ1) is 9.62. The predicted molar refractivity (Wildman–Crippen MR) is 73.2 cm³/mol. The number of benzene rings is 1. The third kappa shape index (κ3) is 2.69. The Morgan fingerprint density at radius 2 is 1.86 bits per heavy atom. The maximum absolute atomic E-state index is 12.7. The van der Waals surface area contributed by atoms with Crippen LogP contribution in [-0.4, -0.2) is 9.67 Å². The van der Waals surface area contributed by atoms with Gasteiger partial charge in [0.1, 0.15) is 11.4 Å². The van der Waals surface area contributed by atoms with Crippen LogP contribution in [0, 0.1) is 0 Å². The number of halogens is 4. The van der Waals surface area contributed by atoms with Crippen molar-refractivity contribution in [2.24, 2.45) is 7.05 Å². The van der Waals surface area contributed by atoms with E-state index in [0.717, 1.165) is 25.2 Å². The molecular weight excluding hydrogens is 309 g/mol. The molecule has 1 aromatic carbocycles. The number of anilines is 1. The number of alkyl halides is 3. The minimum absolute atomic E-state index is 0.0126. The van der Waals surface area contributed by atoms with Gasteiger partial charge in [-0.2, -0.15) is 13.2 Å². The Morgan fingerprint density at radius 3 is 2.43 bits per heavy atom. The lowest BCUT2D eigenvalue weighted by Gasteiger charge is -2.14. The summed E-state index contributed by atoms with van der Waals surface area (Å²) in [7, 11) is 1.02. The van der Waals surface area contributed by atoms with Crippen LogP contribution in [0.15, 0.2) is 29.1 Å². The molecule has 0 saturated carbocycles. The zero-order valence-corrected chi connectivity index (χ0v) is 11.5. The van der Waals surface area contributed by atoms with E-state index in [9.17, 15) is 23.1 Å². The number of aromatic nitrogens is 1. The van der Waals surface area contributed by atoms with Crippen molar-refractivity contribution in [1.29, 1.82) is 0 Å². The van der Waals surface area contributed by atoms with Crippen LogP contribution in [0.5, 0.6) is 5.75 Å². The van der Waals surface area contributed by atoms with Crippen molar-refractivity contribution in [3.05, 3.63) is 45.3 Å². The first kappa shape index (κ1) is 15.2. The van der Waals surface area contributed by atoms with Gasteiger partial charge >= 0.3 is 6.18 Å². The fraction of sp³-hybridized carbons (Fsp3) is 0.154. The maximum atomic E-state index is 12.7. The lowest BCUT2D eigenvalue weighted by atomic mass is 10.1. The summed E-state index contributed by atoms with van der Waals surface area (Å²) in [6.07, 6.45) is -4.63. The second-order valence-corrected chi connectivity index (χ2v) is 4.79. The molecule has 0 aliphatic heterocycles. The van der Waals surface area contributed by atoms with E-state index in [4.69, 9.17) is 17.3 Å². The highest BCUT2D eigenvalue weighted by molar-refractivity contribution is 6.33. The molecule has 2 rings (SSSR count). The number of aromatic hydroxyl groups is 1. The average Bonchev–Trinajstić information content (AvgIpc) is 2.36. The Morgan fingerprint density at radius 1 is 1.24 bits per heavy atom. The molecule has 0 unspecified atom stereocenters. The van der Waals surface area contributed by atoms with E-state index >= 15 is 0 Å². The van der Waals surface area contributed by atoms with E-state index in [1.54, 1.807) is 0 Å². The number of phenols is 1. The van der Waals surface area contributed by atoms with Gasteiger partial charge in [-0.3, -0.25) is 4.79 Å². The molecule has 1 heterocycles. The minimum Gasteiger partial charge on any atom is -0.506 e. The summed E-state index contributed by atoms with van der Waals surface area (Å²) in [5, 5.41) is 9.42. The third-order valence-corrected chi connectivity index (χ3v) is 3.31. The van der Waals surface area contributed by atoms with Crippen LogP contribution in [0.4, 0.5) is 18.9 Å². The molecule has 0 saturated heterocycles. The Bertz CT molecular complexity index is 769. The van der Waals surface area contributed by atoms with Gasteiger partial charge in [0.15, 0.2) is 0 Å². The molecule has 0 fully saturated rings. The molecule has 4 nitrogen and oxygen atoms in total. The van der Waals surface area contributed by atoms with Crippen LogP contribution in [0.2, 0.25) is 5.02 Å². The summed E-state index contributed by atoms with van der Waals surface area (Å²) in [4.78, 5) is 12.1. The van der Waals surface area contributed by atoms with Crippen molar-refractivity contribution in [2.75, 3.05) is 5.73 Å². The molecule has 1 aromatic heterocycles. The fourth-order valence-electron chi connectivity index (χ4n) is 1.91. The number of phenolic OH excluding ortho intramolecular Hbond substituents is 1. The first-order valence-electron chi connectivity index (χ1n) is 5.68. The predicted octanol–water partition coefficient (Wildman–Crippen LogP) is 3.01. The van der Waals surface area contributed by atoms with Crippen molar-refractivity contribution in [1.82, 2.24) is 4.57 Å². The molecule has 21 heavy (non-hydrogen) atoms. The number of rotatable bonds is 1. The second kappa shape index (κ2) is 5.00. The lowest BCUT2D eigenvalue weighted by molar-refractivity contribution is -0.143. The summed E-state index contributed by atoms with van der Waals surface area (Å²) in [6, 6.07) is 4.18. The SMILES string of the molecule is Cn1c(C(F)(F)F)ccc(-c2cc(N)c(O)cc2Cl)c1=O. The van der Waals surface area contributed by atoms with Crippen molar-refractivity contribution in [2.45, 2.75) is 6.18 Å². The number of nitrogens with two attached hydrogens (primary N) is 1. The van der Waals surface area contributed by atoms with Crippen molar-refractivity contribution in [3.8, 4) is 16.9 Å². The summed E-state index contributed by atoms with van der Waals surface area (Å²) in [5.74, 6) is -0.271. The van der Waals surface area contributed by atoms with Gasteiger partial charge in [-0.15, -0.1) is 0 Å². The van der Waals surface area contributed by atoms with Crippen LogP contribution in [0.25, 0.3) is 11.1 Å². The molecule has 0 spiro atoms. The van der Waals surface area contributed by atoms with Gasteiger partial charge < -0.3 is 15.4 Å². The van der Waals surface area contributed by atoms with Crippen molar-refractivity contribution in [3.63, 3.8) is 0 Å². The van der Waals surface area contributed by atoms with Crippen LogP contribution < -0.4 is 11.3 Å². The number of hydrogen-bond acceptors (Lipinski definition) is 3. The Labute approximate surface area is 122 Å². The summed E-state index contributed by atoms with van der Waals surface area (Å²) in [5.41, 5.74) is 3.67. The topological polar surface area (TPSA) is 68.2 Å². The van der Waals surface area contributed by atoms with Crippen LogP contribution in [-0.2, 0) is 13.2 Å².